The van der Waals surface area contributed by atoms with E-state index in [9.17, 15) is 0 Å². The van der Waals surface area contributed by atoms with E-state index >= 15 is 0 Å². The lowest BCUT2D eigenvalue weighted by atomic mass is 10.4. The fraction of sp³-hybridized carbons (Fsp3) is 0.625. The SMILES string of the molecule is CSC1(CNc2ncc(N)s2)CC1. The molecule has 13 heavy (non-hydrogen) atoms. The second-order valence-corrected chi connectivity index (χ2v) is 5.64. The zero-order valence-electron chi connectivity index (χ0n) is 7.54. The Morgan fingerprint density at radius 3 is 3.00 bits per heavy atom. The summed E-state index contributed by atoms with van der Waals surface area (Å²) in [5.41, 5.74) is 5.58. The number of nitrogens with one attached hydrogen (secondary N) is 1. The summed E-state index contributed by atoms with van der Waals surface area (Å²) >= 11 is 3.46. The number of thioether (sulfide) groups is 1. The molecule has 0 radical (unpaired) electrons. The number of anilines is 2. The van der Waals surface area contributed by atoms with E-state index in [1.165, 1.54) is 24.2 Å². The van der Waals surface area contributed by atoms with Crippen LogP contribution in [0.4, 0.5) is 10.1 Å². The van der Waals surface area contributed by atoms with Crippen LogP contribution in [-0.4, -0.2) is 22.5 Å². The first-order valence-electron chi connectivity index (χ1n) is 4.24. The molecule has 0 unspecified atom stereocenters. The standard InChI is InChI=1S/C8H13N3S2/c1-12-8(2-3-8)5-11-7-10-4-6(9)13-7/h4H,2-3,5,9H2,1H3,(H,10,11). The van der Waals surface area contributed by atoms with Crippen LogP contribution >= 0.6 is 23.1 Å². The van der Waals surface area contributed by atoms with Gasteiger partial charge >= 0.3 is 0 Å². The molecule has 2 rings (SSSR count). The Morgan fingerprint density at radius 1 is 1.77 bits per heavy atom. The molecule has 1 aliphatic rings. The molecule has 0 saturated heterocycles. The molecule has 0 aromatic carbocycles. The van der Waals surface area contributed by atoms with Crippen LogP contribution in [-0.2, 0) is 0 Å². The van der Waals surface area contributed by atoms with Crippen LogP contribution in [0.15, 0.2) is 6.20 Å². The predicted octanol–water partition coefficient (Wildman–Crippen LogP) is 2.03. The van der Waals surface area contributed by atoms with Crippen molar-refractivity contribution in [3.05, 3.63) is 6.20 Å². The zero-order valence-corrected chi connectivity index (χ0v) is 9.17. The average Bonchev–Trinajstić information content (AvgIpc) is 2.81. The number of rotatable bonds is 4. The summed E-state index contributed by atoms with van der Waals surface area (Å²) in [5.74, 6) is 0. The van der Waals surface area contributed by atoms with Crippen LogP contribution in [0, 0.1) is 0 Å². The Kier molecular flexibility index (Phi) is 2.38. The van der Waals surface area contributed by atoms with Crippen molar-refractivity contribution in [3.8, 4) is 0 Å². The van der Waals surface area contributed by atoms with Gasteiger partial charge in [-0.3, -0.25) is 0 Å². The highest BCUT2D eigenvalue weighted by Crippen LogP contribution is 2.47. The summed E-state index contributed by atoms with van der Waals surface area (Å²) in [7, 11) is 0. The molecule has 0 atom stereocenters. The zero-order chi connectivity index (χ0) is 9.31. The minimum atomic E-state index is 0.487. The Bertz CT molecular complexity index is 293. The van der Waals surface area contributed by atoms with Gasteiger partial charge in [0.25, 0.3) is 0 Å². The van der Waals surface area contributed by atoms with Gasteiger partial charge in [0.05, 0.1) is 6.20 Å². The average molecular weight is 215 g/mol. The van der Waals surface area contributed by atoms with Gasteiger partial charge in [0.2, 0.25) is 0 Å². The third kappa shape index (κ3) is 2.08. The highest BCUT2D eigenvalue weighted by atomic mass is 32.2. The van der Waals surface area contributed by atoms with E-state index in [4.69, 9.17) is 5.73 Å². The number of hydrogen-bond donors (Lipinski definition) is 2. The fourth-order valence-corrected chi connectivity index (χ4v) is 2.50. The van der Waals surface area contributed by atoms with Gasteiger partial charge in [-0.25, -0.2) is 4.98 Å². The predicted molar refractivity (Wildman–Crippen MR) is 60.5 cm³/mol. The highest BCUT2D eigenvalue weighted by Gasteiger charge is 2.41. The van der Waals surface area contributed by atoms with Crippen LogP contribution < -0.4 is 11.1 Å². The summed E-state index contributed by atoms with van der Waals surface area (Å²) < 4.78 is 0.487. The van der Waals surface area contributed by atoms with Gasteiger partial charge in [-0.05, 0) is 19.1 Å². The highest BCUT2D eigenvalue weighted by molar-refractivity contribution is 8.00. The third-order valence-corrected chi connectivity index (χ3v) is 4.53. The second-order valence-electron chi connectivity index (χ2n) is 3.31. The fourth-order valence-electron chi connectivity index (χ4n) is 1.20. The second kappa shape index (κ2) is 3.38. The minimum absolute atomic E-state index is 0.487. The third-order valence-electron chi connectivity index (χ3n) is 2.33. The van der Waals surface area contributed by atoms with Crippen molar-refractivity contribution in [2.75, 3.05) is 23.9 Å². The smallest absolute Gasteiger partial charge is 0.184 e. The van der Waals surface area contributed by atoms with Gasteiger partial charge in [-0.2, -0.15) is 11.8 Å². The Hall–Kier alpha value is -0.420. The first-order chi connectivity index (χ1) is 6.24. The van der Waals surface area contributed by atoms with Gasteiger partial charge in [0.1, 0.15) is 5.00 Å². The molecule has 0 spiro atoms. The molecule has 1 aliphatic carbocycles. The molecule has 3 N–H and O–H groups in total. The van der Waals surface area contributed by atoms with Crippen molar-refractivity contribution in [1.29, 1.82) is 0 Å². The van der Waals surface area contributed by atoms with Crippen LogP contribution in [0.5, 0.6) is 0 Å². The molecular weight excluding hydrogens is 202 g/mol. The van der Waals surface area contributed by atoms with Crippen LogP contribution in [0.1, 0.15) is 12.8 Å². The number of hydrogen-bond acceptors (Lipinski definition) is 5. The Labute approximate surface area is 86.1 Å². The van der Waals surface area contributed by atoms with Gasteiger partial charge < -0.3 is 11.1 Å². The van der Waals surface area contributed by atoms with Crippen LogP contribution in [0.3, 0.4) is 0 Å². The maximum atomic E-state index is 5.58. The maximum Gasteiger partial charge on any atom is 0.184 e. The molecular formula is C8H13N3S2. The lowest BCUT2D eigenvalue weighted by Crippen LogP contribution is -2.17. The largest absolute Gasteiger partial charge is 0.389 e. The minimum Gasteiger partial charge on any atom is -0.389 e. The maximum absolute atomic E-state index is 5.58. The van der Waals surface area contributed by atoms with Crippen LogP contribution in [0.2, 0.25) is 0 Å². The van der Waals surface area contributed by atoms with Gasteiger partial charge in [-0.1, -0.05) is 11.3 Å². The first-order valence-corrected chi connectivity index (χ1v) is 6.29. The lowest BCUT2D eigenvalue weighted by molar-refractivity contribution is 0.946. The van der Waals surface area contributed by atoms with Gasteiger partial charge in [0.15, 0.2) is 5.13 Å². The molecule has 0 bridgehead atoms. The van der Waals surface area contributed by atoms with Crippen molar-refractivity contribution in [2.45, 2.75) is 17.6 Å². The molecule has 1 heterocycles. The Morgan fingerprint density at radius 2 is 2.54 bits per heavy atom. The van der Waals surface area contributed by atoms with E-state index in [1.54, 1.807) is 6.20 Å². The van der Waals surface area contributed by atoms with Crippen LogP contribution in [0.25, 0.3) is 0 Å². The van der Waals surface area contributed by atoms with E-state index in [0.717, 1.165) is 16.7 Å². The lowest BCUT2D eigenvalue weighted by Gasteiger charge is -2.11. The summed E-state index contributed by atoms with van der Waals surface area (Å²) in [4.78, 5) is 4.15. The molecule has 3 nitrogen and oxygen atoms in total. The van der Waals surface area contributed by atoms with E-state index in [1.807, 2.05) is 11.8 Å². The molecule has 1 aromatic heterocycles. The summed E-state index contributed by atoms with van der Waals surface area (Å²) in [6.07, 6.45) is 6.51. The van der Waals surface area contributed by atoms with Crippen molar-refractivity contribution in [2.24, 2.45) is 0 Å². The number of thiazole rings is 1. The molecule has 0 amide bonds. The number of nitrogen functional groups attached to an aromatic ring is 1. The summed E-state index contributed by atoms with van der Waals surface area (Å²) in [6.45, 7) is 1.01. The molecule has 5 heteroatoms. The number of nitrogens with two attached hydrogens (primary N) is 1. The molecule has 1 fully saturated rings. The van der Waals surface area contributed by atoms with E-state index < -0.39 is 0 Å². The number of aromatic nitrogens is 1. The van der Waals surface area contributed by atoms with E-state index in [-0.39, 0.29) is 0 Å². The van der Waals surface area contributed by atoms with Crippen molar-refractivity contribution in [1.82, 2.24) is 4.98 Å². The molecule has 1 saturated carbocycles. The molecule has 72 valence electrons. The summed E-state index contributed by atoms with van der Waals surface area (Å²) in [5, 5.41) is 5.04. The molecule has 0 aliphatic heterocycles. The van der Waals surface area contributed by atoms with Gasteiger partial charge in [0, 0.05) is 11.3 Å². The number of nitrogens with zero attached hydrogens (tertiary/aromatic N) is 1. The monoisotopic (exact) mass is 215 g/mol. The first kappa shape index (κ1) is 9.15. The topological polar surface area (TPSA) is 50.9 Å². The van der Waals surface area contributed by atoms with E-state index in [2.05, 4.69) is 16.6 Å². The van der Waals surface area contributed by atoms with Crippen molar-refractivity contribution < 1.29 is 0 Å². The Balaban J connectivity index is 1.86. The summed E-state index contributed by atoms with van der Waals surface area (Å²) in [6, 6.07) is 0. The normalized spacial score (nSPS) is 18.5. The van der Waals surface area contributed by atoms with Crippen molar-refractivity contribution in [3.63, 3.8) is 0 Å². The van der Waals surface area contributed by atoms with E-state index in [0.29, 0.717) is 4.75 Å². The quantitative estimate of drug-likeness (QED) is 0.807. The van der Waals surface area contributed by atoms with Gasteiger partial charge in [-0.15, -0.1) is 0 Å². The van der Waals surface area contributed by atoms with Crippen molar-refractivity contribution >= 4 is 33.2 Å². The molecule has 1 aromatic rings.